The molecule has 2 atom stereocenters. The lowest BCUT2D eigenvalue weighted by Crippen LogP contribution is -2.45. The number of rotatable bonds is 1. The van der Waals surface area contributed by atoms with Crippen molar-refractivity contribution in [3.63, 3.8) is 0 Å². The van der Waals surface area contributed by atoms with Crippen molar-refractivity contribution in [2.45, 2.75) is 32.0 Å². The van der Waals surface area contributed by atoms with Crippen molar-refractivity contribution >= 4 is 0 Å². The number of fused-ring (bicyclic) bond motifs is 1. The van der Waals surface area contributed by atoms with Crippen LogP contribution in [0, 0.1) is 0 Å². The molecule has 3 nitrogen and oxygen atoms in total. The minimum Gasteiger partial charge on any atom is -0.311 e. The quantitative estimate of drug-likeness (QED) is 0.830. The van der Waals surface area contributed by atoms with Gasteiger partial charge in [-0.05, 0) is 38.1 Å². The van der Waals surface area contributed by atoms with E-state index in [1.54, 1.807) is 0 Å². The van der Waals surface area contributed by atoms with Crippen molar-refractivity contribution < 1.29 is 0 Å². The van der Waals surface area contributed by atoms with Crippen LogP contribution in [0.25, 0.3) is 0 Å². The number of likely N-dealkylation sites (N-methyl/N-ethyl adjacent to an activating group) is 1. The molecule has 1 aromatic carbocycles. The molecule has 2 unspecified atom stereocenters. The molecule has 0 spiro atoms. The first kappa shape index (κ1) is 13.1. The summed E-state index contributed by atoms with van der Waals surface area (Å²) in [5, 5.41) is 3.59. The van der Waals surface area contributed by atoms with Crippen LogP contribution in [0.15, 0.2) is 24.3 Å². The molecule has 0 radical (unpaired) electrons. The van der Waals surface area contributed by atoms with Gasteiger partial charge in [0.25, 0.3) is 0 Å². The predicted molar refractivity (Wildman–Crippen MR) is 79.2 cm³/mol. The summed E-state index contributed by atoms with van der Waals surface area (Å²) in [7, 11) is 2.24. The van der Waals surface area contributed by atoms with Crippen LogP contribution in [-0.2, 0) is 6.54 Å². The minimum absolute atomic E-state index is 0.548. The Bertz CT molecular complexity index is 432. The first-order valence-corrected chi connectivity index (χ1v) is 7.48. The summed E-state index contributed by atoms with van der Waals surface area (Å²) in [5.41, 5.74) is 3.02. The Morgan fingerprint density at radius 1 is 1.21 bits per heavy atom. The Balaban J connectivity index is 1.86. The van der Waals surface area contributed by atoms with Gasteiger partial charge < -0.3 is 10.2 Å². The van der Waals surface area contributed by atoms with E-state index in [1.807, 2.05) is 0 Å². The van der Waals surface area contributed by atoms with Gasteiger partial charge in [-0.15, -0.1) is 0 Å². The van der Waals surface area contributed by atoms with Gasteiger partial charge in [0.2, 0.25) is 0 Å². The lowest BCUT2D eigenvalue weighted by atomic mass is 9.94. The zero-order valence-electron chi connectivity index (χ0n) is 12.1. The van der Waals surface area contributed by atoms with Crippen molar-refractivity contribution in [3.05, 3.63) is 35.4 Å². The summed E-state index contributed by atoms with van der Waals surface area (Å²) in [5.74, 6) is 0. The molecule has 104 valence electrons. The number of nitrogens with zero attached hydrogens (tertiary/aromatic N) is 2. The standard InChI is InChI=1S/C16H25N3/c1-13-12-18(2)8-5-9-19(13)16-11-17-10-14-6-3-4-7-15(14)16/h3-4,6-7,13,16-17H,5,8-12H2,1-2H3. The predicted octanol–water partition coefficient (Wildman–Crippen LogP) is 1.86. The third kappa shape index (κ3) is 2.69. The van der Waals surface area contributed by atoms with E-state index in [0.717, 1.165) is 13.1 Å². The topological polar surface area (TPSA) is 18.5 Å². The van der Waals surface area contributed by atoms with E-state index in [-0.39, 0.29) is 0 Å². The molecule has 0 aromatic heterocycles. The highest BCUT2D eigenvalue weighted by molar-refractivity contribution is 5.32. The number of nitrogens with one attached hydrogen (secondary N) is 1. The first-order chi connectivity index (χ1) is 9.25. The summed E-state index contributed by atoms with van der Waals surface area (Å²) in [6.07, 6.45) is 1.28. The summed E-state index contributed by atoms with van der Waals surface area (Å²) < 4.78 is 0. The average molecular weight is 259 g/mol. The first-order valence-electron chi connectivity index (χ1n) is 7.48. The van der Waals surface area contributed by atoms with E-state index >= 15 is 0 Å². The number of hydrogen-bond acceptors (Lipinski definition) is 3. The van der Waals surface area contributed by atoms with Crippen LogP contribution in [-0.4, -0.2) is 49.1 Å². The summed E-state index contributed by atoms with van der Waals surface area (Å²) in [4.78, 5) is 5.17. The molecule has 0 aliphatic carbocycles. The van der Waals surface area contributed by atoms with Crippen LogP contribution >= 0.6 is 0 Å². The van der Waals surface area contributed by atoms with Crippen LogP contribution in [0.4, 0.5) is 0 Å². The normalized spacial score (nSPS) is 29.8. The van der Waals surface area contributed by atoms with Crippen LogP contribution in [0.1, 0.15) is 30.5 Å². The molecular weight excluding hydrogens is 234 g/mol. The number of hydrogen-bond donors (Lipinski definition) is 1. The van der Waals surface area contributed by atoms with Gasteiger partial charge in [-0.3, -0.25) is 4.90 Å². The highest BCUT2D eigenvalue weighted by atomic mass is 15.3. The third-order valence-electron chi connectivity index (χ3n) is 4.57. The Labute approximate surface area is 116 Å². The molecule has 1 N–H and O–H groups in total. The lowest BCUT2D eigenvalue weighted by molar-refractivity contribution is 0.134. The Kier molecular flexibility index (Phi) is 3.87. The van der Waals surface area contributed by atoms with Crippen molar-refractivity contribution in [2.24, 2.45) is 0 Å². The molecule has 0 bridgehead atoms. The van der Waals surface area contributed by atoms with Gasteiger partial charge >= 0.3 is 0 Å². The largest absolute Gasteiger partial charge is 0.311 e. The van der Waals surface area contributed by atoms with Crippen LogP contribution < -0.4 is 5.32 Å². The van der Waals surface area contributed by atoms with E-state index in [1.165, 1.54) is 37.2 Å². The molecule has 3 rings (SSSR count). The van der Waals surface area contributed by atoms with E-state index in [0.29, 0.717) is 12.1 Å². The fraction of sp³-hybridized carbons (Fsp3) is 0.625. The van der Waals surface area contributed by atoms with Gasteiger partial charge in [0, 0.05) is 38.3 Å². The molecule has 0 saturated carbocycles. The second-order valence-electron chi connectivity index (χ2n) is 6.05. The van der Waals surface area contributed by atoms with Gasteiger partial charge in [0.15, 0.2) is 0 Å². The van der Waals surface area contributed by atoms with Crippen LogP contribution in [0.2, 0.25) is 0 Å². The monoisotopic (exact) mass is 259 g/mol. The van der Waals surface area contributed by atoms with Gasteiger partial charge in [-0.1, -0.05) is 24.3 Å². The van der Waals surface area contributed by atoms with E-state index in [9.17, 15) is 0 Å². The second kappa shape index (κ2) is 5.61. The van der Waals surface area contributed by atoms with E-state index in [2.05, 4.69) is 53.4 Å². The Morgan fingerprint density at radius 2 is 2.05 bits per heavy atom. The number of benzene rings is 1. The van der Waals surface area contributed by atoms with Crippen molar-refractivity contribution in [3.8, 4) is 0 Å². The van der Waals surface area contributed by atoms with Gasteiger partial charge in [0.1, 0.15) is 0 Å². The molecule has 3 heteroatoms. The summed E-state index contributed by atoms with van der Waals surface area (Å²) >= 11 is 0. The fourth-order valence-electron chi connectivity index (χ4n) is 3.62. The second-order valence-corrected chi connectivity index (χ2v) is 6.05. The maximum absolute atomic E-state index is 3.59. The molecule has 2 aliphatic heterocycles. The SMILES string of the molecule is CC1CN(C)CCCN1C1CNCc2ccccc21. The molecule has 1 aromatic rings. The third-order valence-corrected chi connectivity index (χ3v) is 4.57. The van der Waals surface area contributed by atoms with Crippen LogP contribution in [0.5, 0.6) is 0 Å². The van der Waals surface area contributed by atoms with Gasteiger partial charge in [-0.2, -0.15) is 0 Å². The average Bonchev–Trinajstić information content (AvgIpc) is 2.59. The Hall–Kier alpha value is -0.900. The van der Waals surface area contributed by atoms with Crippen molar-refractivity contribution in [1.82, 2.24) is 15.1 Å². The highest BCUT2D eigenvalue weighted by Gasteiger charge is 2.30. The zero-order valence-corrected chi connectivity index (χ0v) is 12.1. The lowest BCUT2D eigenvalue weighted by Gasteiger charge is -2.39. The van der Waals surface area contributed by atoms with Gasteiger partial charge in [0.05, 0.1) is 0 Å². The smallest absolute Gasteiger partial charge is 0.0479 e. The fourth-order valence-corrected chi connectivity index (χ4v) is 3.62. The molecule has 2 aliphatic rings. The molecule has 0 amide bonds. The van der Waals surface area contributed by atoms with Gasteiger partial charge in [-0.25, -0.2) is 0 Å². The molecule has 1 saturated heterocycles. The van der Waals surface area contributed by atoms with Crippen molar-refractivity contribution in [1.29, 1.82) is 0 Å². The summed E-state index contributed by atoms with van der Waals surface area (Å²) in [6, 6.07) is 10.1. The highest BCUT2D eigenvalue weighted by Crippen LogP contribution is 2.29. The molecule has 19 heavy (non-hydrogen) atoms. The molecular formula is C16H25N3. The maximum atomic E-state index is 3.59. The minimum atomic E-state index is 0.548. The maximum Gasteiger partial charge on any atom is 0.0479 e. The van der Waals surface area contributed by atoms with Crippen LogP contribution in [0.3, 0.4) is 0 Å². The summed E-state index contributed by atoms with van der Waals surface area (Å²) in [6.45, 7) is 8.10. The van der Waals surface area contributed by atoms with E-state index in [4.69, 9.17) is 0 Å². The molecule has 2 heterocycles. The van der Waals surface area contributed by atoms with E-state index < -0.39 is 0 Å². The van der Waals surface area contributed by atoms with Crippen molar-refractivity contribution in [2.75, 3.05) is 33.2 Å². The Morgan fingerprint density at radius 3 is 2.95 bits per heavy atom. The zero-order chi connectivity index (χ0) is 13.2. The molecule has 1 fully saturated rings.